The van der Waals surface area contributed by atoms with Crippen LogP contribution in [0.5, 0.6) is 11.5 Å². The van der Waals surface area contributed by atoms with Crippen LogP contribution in [0.2, 0.25) is 5.02 Å². The van der Waals surface area contributed by atoms with Crippen molar-refractivity contribution in [3.05, 3.63) is 131 Å². The van der Waals surface area contributed by atoms with Gasteiger partial charge in [-0.25, -0.2) is 9.97 Å². The van der Waals surface area contributed by atoms with Crippen LogP contribution in [0.1, 0.15) is 24.3 Å². The van der Waals surface area contributed by atoms with Gasteiger partial charge in [0.25, 0.3) is 0 Å². The molecule has 11 rings (SSSR count). The number of carbonyl (C=O) groups excluding carboxylic acids is 4. The minimum absolute atomic E-state index is 0.0142. The van der Waals surface area contributed by atoms with E-state index in [-0.39, 0.29) is 41.2 Å². The van der Waals surface area contributed by atoms with E-state index < -0.39 is 47.3 Å². The Bertz CT molecular complexity index is 2920. The Labute approximate surface area is 346 Å². The molecule has 2 aliphatic carbocycles. The molecule has 2 aromatic heterocycles. The number of allylic oxidation sites excluding steroid dienone is 2. The van der Waals surface area contributed by atoms with E-state index >= 15 is 0 Å². The second-order valence-corrected chi connectivity index (χ2v) is 16.1. The van der Waals surface area contributed by atoms with Crippen LogP contribution in [0.15, 0.2) is 130 Å². The lowest BCUT2D eigenvalue weighted by Crippen LogP contribution is -2.43. The number of hydrogen-bond acceptors (Lipinski definition) is 10. The fraction of sp³-hybridized carbons (Fsp3) is 0.191. The predicted octanol–water partition coefficient (Wildman–Crippen LogP) is 8.72. The summed E-state index contributed by atoms with van der Waals surface area (Å²) in [6.45, 7) is 0. The highest BCUT2D eigenvalue weighted by Gasteiger charge is 2.62. The predicted molar refractivity (Wildman–Crippen MR) is 221 cm³/mol. The molecule has 0 bridgehead atoms. The molecule has 296 valence electrons. The number of benzene rings is 5. The number of nitrogens with zero attached hydrogens (tertiary/aromatic N) is 4. The Hall–Kier alpha value is -7.05. The maximum atomic E-state index is 14.7. The molecule has 4 heterocycles. The van der Waals surface area contributed by atoms with Crippen molar-refractivity contribution in [2.24, 2.45) is 29.6 Å². The zero-order valence-corrected chi connectivity index (χ0v) is 32.6. The molecule has 7 aromatic rings. The molecule has 0 spiro atoms. The maximum absolute atomic E-state index is 14.7. The van der Waals surface area contributed by atoms with Gasteiger partial charge >= 0.3 is 0 Å². The summed E-state index contributed by atoms with van der Waals surface area (Å²) in [4.78, 5) is 69.9. The second kappa shape index (κ2) is 13.5. The van der Waals surface area contributed by atoms with Gasteiger partial charge in [0.15, 0.2) is 22.7 Å². The topological polar surface area (TPSA) is 156 Å². The molecule has 1 saturated carbocycles. The number of rotatable bonds is 6. The largest absolute Gasteiger partial charge is 0.503 e. The van der Waals surface area contributed by atoms with Crippen LogP contribution in [0.3, 0.4) is 0 Å². The molecule has 0 radical (unpaired) electrons. The number of anilines is 2. The summed E-state index contributed by atoms with van der Waals surface area (Å²) in [5.74, 6) is -5.20. The molecule has 2 saturated heterocycles. The summed E-state index contributed by atoms with van der Waals surface area (Å²) in [7, 11) is 1.40. The first-order valence-electron chi connectivity index (χ1n) is 19.6. The first-order valence-corrected chi connectivity index (χ1v) is 20.0. The number of methoxy groups -OCH3 is 1. The van der Waals surface area contributed by atoms with Gasteiger partial charge in [-0.1, -0.05) is 47.5 Å². The molecular weight excluding hydrogens is 784 g/mol. The van der Waals surface area contributed by atoms with Gasteiger partial charge in [0.05, 0.1) is 47.2 Å². The molecule has 3 fully saturated rings. The van der Waals surface area contributed by atoms with Gasteiger partial charge in [0, 0.05) is 17.0 Å². The Morgan fingerprint density at radius 3 is 1.75 bits per heavy atom. The highest BCUT2D eigenvalue weighted by molar-refractivity contribution is 6.32. The van der Waals surface area contributed by atoms with Crippen molar-refractivity contribution < 1.29 is 37.9 Å². The van der Waals surface area contributed by atoms with E-state index in [0.29, 0.717) is 56.5 Å². The lowest BCUT2D eigenvalue weighted by molar-refractivity contribution is -0.126. The molecule has 1 N–H and O–H groups in total. The molecule has 0 unspecified atom stereocenters. The van der Waals surface area contributed by atoms with Gasteiger partial charge in [-0.3, -0.25) is 29.0 Å². The minimum Gasteiger partial charge on any atom is -0.503 e. The Morgan fingerprint density at radius 1 is 0.667 bits per heavy atom. The second-order valence-electron chi connectivity index (χ2n) is 15.7. The van der Waals surface area contributed by atoms with Gasteiger partial charge in [0.1, 0.15) is 11.0 Å². The van der Waals surface area contributed by atoms with Crippen molar-refractivity contribution in [1.29, 1.82) is 0 Å². The summed E-state index contributed by atoms with van der Waals surface area (Å²) in [6, 6.07) is 32.0. The van der Waals surface area contributed by atoms with Crippen LogP contribution >= 0.6 is 11.6 Å². The highest BCUT2D eigenvalue weighted by atomic mass is 35.5. The summed E-state index contributed by atoms with van der Waals surface area (Å²) in [5, 5.41) is 10.7. The molecule has 5 aromatic carbocycles. The highest BCUT2D eigenvalue weighted by Crippen LogP contribution is 2.59. The van der Waals surface area contributed by atoms with Gasteiger partial charge in [-0.05, 0) is 109 Å². The summed E-state index contributed by atoms with van der Waals surface area (Å²) in [6.07, 6.45) is 2.40. The zero-order chi connectivity index (χ0) is 41.0. The minimum atomic E-state index is -0.860. The summed E-state index contributed by atoms with van der Waals surface area (Å²) < 4.78 is 17.4. The molecule has 12 nitrogen and oxygen atoms in total. The number of aromatic hydroxyl groups is 1. The van der Waals surface area contributed by atoms with Crippen LogP contribution in [0, 0.1) is 29.6 Å². The lowest BCUT2D eigenvalue weighted by Gasteiger charge is -2.44. The fourth-order valence-electron chi connectivity index (χ4n) is 9.90. The van der Waals surface area contributed by atoms with Crippen LogP contribution in [0.4, 0.5) is 11.4 Å². The number of ether oxygens (including phenoxy) is 1. The van der Waals surface area contributed by atoms with Gasteiger partial charge in [-0.2, -0.15) is 0 Å². The number of aromatic nitrogens is 2. The molecular formula is C47H33ClN4O8. The van der Waals surface area contributed by atoms with E-state index in [4.69, 9.17) is 25.2 Å². The van der Waals surface area contributed by atoms with Crippen molar-refractivity contribution in [2.45, 2.75) is 18.8 Å². The molecule has 4 aliphatic rings. The molecule has 4 amide bonds. The van der Waals surface area contributed by atoms with Crippen LogP contribution in [-0.2, 0) is 19.2 Å². The Kier molecular flexibility index (Phi) is 8.11. The van der Waals surface area contributed by atoms with Crippen molar-refractivity contribution in [2.75, 3.05) is 16.9 Å². The number of halogens is 1. The third-order valence-electron chi connectivity index (χ3n) is 12.6. The average molecular weight is 817 g/mol. The zero-order valence-electron chi connectivity index (χ0n) is 31.8. The van der Waals surface area contributed by atoms with Crippen molar-refractivity contribution in [3.63, 3.8) is 0 Å². The Balaban J connectivity index is 0.943. The Morgan fingerprint density at radius 2 is 1.20 bits per heavy atom. The average Bonchev–Trinajstić information content (AvgIpc) is 4.03. The number of amides is 4. The number of para-hydroxylation sites is 4. The van der Waals surface area contributed by atoms with Gasteiger partial charge in [-0.15, -0.1) is 0 Å². The third-order valence-corrected chi connectivity index (χ3v) is 12.9. The van der Waals surface area contributed by atoms with E-state index in [1.54, 1.807) is 60.7 Å². The quantitative estimate of drug-likeness (QED) is 0.127. The van der Waals surface area contributed by atoms with Crippen LogP contribution in [0.25, 0.3) is 45.1 Å². The number of oxazole rings is 2. The van der Waals surface area contributed by atoms with E-state index in [0.717, 1.165) is 11.1 Å². The van der Waals surface area contributed by atoms with Crippen LogP contribution in [-0.4, -0.2) is 45.8 Å². The number of hydrogen-bond donors (Lipinski definition) is 1. The normalized spacial score (nSPS) is 23.6. The smallest absolute Gasteiger partial charge is 0.238 e. The van der Waals surface area contributed by atoms with Gasteiger partial charge < -0.3 is 18.7 Å². The van der Waals surface area contributed by atoms with E-state index in [1.807, 2.05) is 54.6 Å². The standard InChI is InChI=1S/C47H33ClN4O8/c1-58-37-21-25(20-32(48)41(37)53)38-28-18-19-29-39(46(56)51(44(29)54)26-14-10-23(11-15-26)42-49-33-6-2-4-8-35(33)59-42)30(28)22-31-40(38)47(57)52(45(31)55)27-16-12-24(13-17-27)43-50-34-7-3-5-9-36(34)60-43/h2-18,20-21,29-31,38-40,53H,19,22H2,1H3/t29-,30+,31+,38-,39-,40+/m0/s1. The van der Waals surface area contributed by atoms with E-state index in [9.17, 15) is 24.3 Å². The van der Waals surface area contributed by atoms with Crippen molar-refractivity contribution >= 4 is 68.8 Å². The summed E-state index contributed by atoms with van der Waals surface area (Å²) >= 11 is 6.57. The summed E-state index contributed by atoms with van der Waals surface area (Å²) in [5.41, 5.74) is 6.21. The lowest BCUT2D eigenvalue weighted by atomic mass is 9.57. The number of imide groups is 2. The first-order chi connectivity index (χ1) is 29.2. The number of phenols is 1. The number of fused-ring (bicyclic) bond motifs is 6. The van der Waals surface area contributed by atoms with E-state index in [1.165, 1.54) is 16.9 Å². The maximum Gasteiger partial charge on any atom is 0.238 e. The van der Waals surface area contributed by atoms with Crippen molar-refractivity contribution in [1.82, 2.24) is 9.97 Å². The molecule has 2 aliphatic heterocycles. The third kappa shape index (κ3) is 5.36. The molecule has 60 heavy (non-hydrogen) atoms. The molecule has 6 atom stereocenters. The number of carbonyl (C=O) groups is 4. The first kappa shape index (κ1) is 36.1. The van der Waals surface area contributed by atoms with Gasteiger partial charge in [0.2, 0.25) is 35.4 Å². The SMILES string of the molecule is COc1cc([C@H]2C3=CC[C@@H]4C(=O)N(c5ccc(-c6nc7ccccc7o6)cc5)C(=O)[C@@H]4[C@@H]3C[C@H]3C(=O)N(c4ccc(-c5nc6ccccc6o5)cc4)C(=O)[C@@H]23)cc(Cl)c1O. The van der Waals surface area contributed by atoms with Crippen molar-refractivity contribution in [3.8, 4) is 34.4 Å². The van der Waals surface area contributed by atoms with E-state index in [2.05, 4.69) is 9.97 Å². The fourth-order valence-corrected chi connectivity index (χ4v) is 10.1. The number of phenolic OH excluding ortho intramolecular Hbond substituents is 1. The molecule has 13 heteroatoms. The van der Waals surface area contributed by atoms with Crippen LogP contribution < -0.4 is 14.5 Å². The monoisotopic (exact) mass is 816 g/mol.